The van der Waals surface area contributed by atoms with Gasteiger partial charge in [-0.25, -0.2) is 21.6 Å². The maximum atomic E-state index is 13.6. The summed E-state index contributed by atoms with van der Waals surface area (Å²) in [4.78, 5) is -1.22. The molecule has 112 valence electrons. The highest BCUT2D eigenvalue weighted by atomic mass is 32.2. The summed E-state index contributed by atoms with van der Waals surface area (Å²) >= 11 is 0. The van der Waals surface area contributed by atoms with Gasteiger partial charge in [0.1, 0.15) is 17.5 Å². The van der Waals surface area contributed by atoms with Gasteiger partial charge in [0.05, 0.1) is 12.1 Å². The maximum Gasteiger partial charge on any atom is 0.249 e. The fourth-order valence-corrected chi connectivity index (χ4v) is 3.59. The molecule has 1 aliphatic heterocycles. The molecular weight excluding hydrogens is 297 g/mol. The molecule has 9 heteroatoms. The number of rotatable bonds is 3. The van der Waals surface area contributed by atoms with Crippen molar-refractivity contribution in [2.45, 2.75) is 17.0 Å². The first-order chi connectivity index (χ1) is 9.25. The van der Waals surface area contributed by atoms with E-state index in [9.17, 15) is 26.7 Å². The minimum absolute atomic E-state index is 0.154. The van der Waals surface area contributed by atoms with Crippen molar-refractivity contribution in [1.29, 1.82) is 0 Å². The summed E-state index contributed by atoms with van der Waals surface area (Å²) < 4.78 is 65.1. The van der Waals surface area contributed by atoms with Gasteiger partial charge in [-0.15, -0.1) is 0 Å². The third kappa shape index (κ3) is 2.53. The topological polar surface area (TPSA) is 69.6 Å². The van der Waals surface area contributed by atoms with Crippen molar-refractivity contribution >= 4 is 10.0 Å². The first-order valence-corrected chi connectivity index (χ1v) is 7.20. The average molecular weight is 310 g/mol. The monoisotopic (exact) mass is 310 g/mol. The molecule has 0 unspecified atom stereocenters. The van der Waals surface area contributed by atoms with Gasteiger partial charge in [0.2, 0.25) is 10.0 Å². The summed E-state index contributed by atoms with van der Waals surface area (Å²) in [5, 5.41) is 12.4. The van der Waals surface area contributed by atoms with Crippen LogP contribution in [-0.4, -0.2) is 50.1 Å². The summed E-state index contributed by atoms with van der Waals surface area (Å²) in [6.45, 7) is 0.334. The molecule has 0 aromatic heterocycles. The van der Waals surface area contributed by atoms with E-state index in [0.717, 1.165) is 7.05 Å². The number of aliphatic hydroxyl groups excluding tert-OH is 1. The number of β-amino-alcohol motifs (C(OH)–C–C–N with tert-alkyl or cyclic N) is 1. The maximum absolute atomic E-state index is 13.6. The molecule has 2 N–H and O–H groups in total. The second kappa shape index (κ2) is 5.32. The summed E-state index contributed by atoms with van der Waals surface area (Å²) in [5.41, 5.74) is 0. The number of hydrogen-bond acceptors (Lipinski definition) is 4. The van der Waals surface area contributed by atoms with Crippen molar-refractivity contribution in [2.75, 3.05) is 20.1 Å². The highest BCUT2D eigenvalue weighted by molar-refractivity contribution is 7.89. The number of halogens is 3. The van der Waals surface area contributed by atoms with Crippen molar-refractivity contribution in [1.82, 2.24) is 9.62 Å². The van der Waals surface area contributed by atoms with Crippen LogP contribution in [0.5, 0.6) is 0 Å². The van der Waals surface area contributed by atoms with E-state index in [1.807, 2.05) is 0 Å². The van der Waals surface area contributed by atoms with Gasteiger partial charge in [0, 0.05) is 32.3 Å². The minimum atomic E-state index is -4.52. The first-order valence-electron chi connectivity index (χ1n) is 5.76. The van der Waals surface area contributed by atoms with Crippen LogP contribution in [0.15, 0.2) is 17.0 Å². The van der Waals surface area contributed by atoms with Crippen molar-refractivity contribution in [2.24, 2.45) is 0 Å². The van der Waals surface area contributed by atoms with Crippen LogP contribution < -0.4 is 5.32 Å². The second-order valence-electron chi connectivity index (χ2n) is 4.51. The molecule has 0 saturated carbocycles. The number of nitrogens with one attached hydrogen (secondary N) is 1. The molecule has 20 heavy (non-hydrogen) atoms. The van der Waals surface area contributed by atoms with Crippen LogP contribution in [0.1, 0.15) is 0 Å². The highest BCUT2D eigenvalue weighted by Gasteiger charge is 2.38. The molecule has 0 radical (unpaired) electrons. The largest absolute Gasteiger partial charge is 0.390 e. The van der Waals surface area contributed by atoms with Crippen LogP contribution >= 0.6 is 0 Å². The van der Waals surface area contributed by atoms with E-state index in [1.54, 1.807) is 0 Å². The van der Waals surface area contributed by atoms with Gasteiger partial charge in [0.15, 0.2) is 4.90 Å². The molecule has 0 bridgehead atoms. The predicted molar refractivity (Wildman–Crippen MR) is 63.9 cm³/mol. The Morgan fingerprint density at radius 3 is 2.25 bits per heavy atom. The molecule has 0 spiro atoms. The number of nitrogens with zero attached hydrogens (tertiary/aromatic N) is 1. The van der Waals surface area contributed by atoms with E-state index < -0.39 is 44.5 Å². The molecule has 2 rings (SSSR count). The Hall–Kier alpha value is -1.16. The van der Waals surface area contributed by atoms with Gasteiger partial charge in [-0.3, -0.25) is 0 Å². The summed E-state index contributed by atoms with van der Waals surface area (Å²) in [6, 6.07) is -0.246. The predicted octanol–water partition coefficient (Wildman–Crippen LogP) is 0.0571. The Balaban J connectivity index is 2.45. The third-order valence-electron chi connectivity index (χ3n) is 3.22. The molecule has 0 amide bonds. The second-order valence-corrected chi connectivity index (χ2v) is 6.45. The van der Waals surface area contributed by atoms with Gasteiger partial charge in [-0.1, -0.05) is 0 Å². The van der Waals surface area contributed by atoms with E-state index in [4.69, 9.17) is 0 Å². The lowest BCUT2D eigenvalue weighted by atomic mass is 10.2. The van der Waals surface area contributed by atoms with Gasteiger partial charge < -0.3 is 10.4 Å². The van der Waals surface area contributed by atoms with Crippen molar-refractivity contribution < 1.29 is 26.7 Å². The van der Waals surface area contributed by atoms with Crippen LogP contribution in [0, 0.1) is 17.5 Å². The zero-order valence-electron chi connectivity index (χ0n) is 10.5. The third-order valence-corrected chi connectivity index (χ3v) is 5.15. The molecule has 2 atom stereocenters. The molecule has 5 nitrogen and oxygen atoms in total. The van der Waals surface area contributed by atoms with E-state index in [2.05, 4.69) is 5.32 Å². The summed E-state index contributed by atoms with van der Waals surface area (Å²) in [6.07, 6.45) is -0.985. The zero-order chi connectivity index (χ0) is 15.1. The van der Waals surface area contributed by atoms with Crippen molar-refractivity contribution in [3.8, 4) is 0 Å². The Morgan fingerprint density at radius 2 is 1.80 bits per heavy atom. The molecule has 1 aromatic carbocycles. The van der Waals surface area contributed by atoms with Gasteiger partial charge in [-0.05, 0) is 0 Å². The molecule has 1 saturated heterocycles. The molecule has 1 aliphatic rings. The Bertz CT molecular complexity index is 600. The van der Waals surface area contributed by atoms with Crippen molar-refractivity contribution in [3.05, 3.63) is 29.6 Å². The molecule has 1 fully saturated rings. The quantitative estimate of drug-likeness (QED) is 0.828. The van der Waals surface area contributed by atoms with Gasteiger partial charge in [0.25, 0.3) is 0 Å². The number of benzene rings is 1. The molecule has 0 aliphatic carbocycles. The first kappa shape index (κ1) is 15.2. The van der Waals surface area contributed by atoms with Crippen molar-refractivity contribution in [3.63, 3.8) is 0 Å². The number of hydrogen-bond donors (Lipinski definition) is 2. The van der Waals surface area contributed by atoms with E-state index in [1.165, 1.54) is 0 Å². The van der Waals surface area contributed by atoms with Crippen LogP contribution in [0.4, 0.5) is 13.2 Å². The van der Waals surface area contributed by atoms with E-state index in [-0.39, 0.29) is 13.1 Å². The fraction of sp³-hybridized carbons (Fsp3) is 0.455. The Kier molecular flexibility index (Phi) is 4.05. The summed E-state index contributed by atoms with van der Waals surface area (Å²) in [5.74, 6) is -4.21. The SMILES string of the molecule is CN([C@@H]1CNC[C@H]1O)S(=O)(=O)c1c(F)cc(F)cc1F. The normalized spacial score (nSPS) is 23.5. The van der Waals surface area contributed by atoms with E-state index in [0.29, 0.717) is 16.4 Å². The van der Waals surface area contributed by atoms with Gasteiger partial charge in [-0.2, -0.15) is 4.31 Å². The lowest BCUT2D eigenvalue weighted by Crippen LogP contribution is -2.44. The number of sulfonamides is 1. The fourth-order valence-electron chi connectivity index (χ4n) is 2.12. The molecule has 1 heterocycles. The van der Waals surface area contributed by atoms with Crippen LogP contribution in [0.2, 0.25) is 0 Å². The number of aliphatic hydroxyl groups is 1. The number of likely N-dealkylation sites (N-methyl/N-ethyl adjacent to an activating group) is 1. The van der Waals surface area contributed by atoms with Crippen LogP contribution in [0.25, 0.3) is 0 Å². The van der Waals surface area contributed by atoms with Crippen LogP contribution in [0.3, 0.4) is 0 Å². The summed E-state index contributed by atoms with van der Waals surface area (Å²) in [7, 11) is -3.41. The zero-order valence-corrected chi connectivity index (χ0v) is 11.3. The Morgan fingerprint density at radius 1 is 1.25 bits per heavy atom. The van der Waals surface area contributed by atoms with Crippen LogP contribution in [-0.2, 0) is 10.0 Å². The smallest absolute Gasteiger partial charge is 0.249 e. The lowest BCUT2D eigenvalue weighted by Gasteiger charge is -2.25. The average Bonchev–Trinajstić information content (AvgIpc) is 2.72. The van der Waals surface area contributed by atoms with E-state index >= 15 is 0 Å². The standard InChI is InChI=1S/C11H13F3N2O3S/c1-16(9-4-15-5-10(9)17)20(18,19)11-7(13)2-6(12)3-8(11)14/h2-3,9-10,15,17H,4-5H2,1H3/t9-,10-/m1/s1. The van der Waals surface area contributed by atoms with Gasteiger partial charge >= 0.3 is 0 Å². The Labute approximate surface area is 114 Å². The molecule has 1 aromatic rings. The highest BCUT2D eigenvalue weighted by Crippen LogP contribution is 2.25. The molecular formula is C11H13F3N2O3S. The minimum Gasteiger partial charge on any atom is -0.390 e. The lowest BCUT2D eigenvalue weighted by molar-refractivity contribution is 0.136.